The van der Waals surface area contributed by atoms with Crippen LogP contribution in [0.15, 0.2) is 12.4 Å². The van der Waals surface area contributed by atoms with Gasteiger partial charge in [0.05, 0.1) is 19.3 Å². The van der Waals surface area contributed by atoms with Crippen LogP contribution < -0.4 is 0 Å². The van der Waals surface area contributed by atoms with E-state index in [2.05, 4.69) is 14.5 Å². The van der Waals surface area contributed by atoms with Gasteiger partial charge in [-0.2, -0.15) is 0 Å². The molecule has 0 bridgehead atoms. The van der Waals surface area contributed by atoms with Gasteiger partial charge in [-0.05, 0) is 25.8 Å². The first-order valence-electron chi connectivity index (χ1n) is 7.18. The van der Waals surface area contributed by atoms with Crippen molar-refractivity contribution >= 4 is 6.47 Å². The molecule has 1 atom stereocenters. The third-order valence-electron chi connectivity index (χ3n) is 3.49. The summed E-state index contributed by atoms with van der Waals surface area (Å²) in [7, 11) is 1.72. The summed E-state index contributed by atoms with van der Waals surface area (Å²) >= 11 is 0. The van der Waals surface area contributed by atoms with E-state index in [0.717, 1.165) is 51.3 Å². The van der Waals surface area contributed by atoms with Gasteiger partial charge in [0, 0.05) is 32.6 Å². The Hall–Kier alpha value is -1.44. The van der Waals surface area contributed by atoms with Gasteiger partial charge >= 0.3 is 0 Å². The number of methoxy groups -OCH3 is 1. The first kappa shape index (κ1) is 17.6. The SMILES string of the molecule is COCCn1ccnc1CN1CCCC(O)CC1.O=CO. The Labute approximate surface area is 125 Å². The van der Waals surface area contributed by atoms with Crippen LogP contribution in [0.25, 0.3) is 0 Å². The van der Waals surface area contributed by atoms with Crippen molar-refractivity contribution in [3.8, 4) is 0 Å². The molecule has 2 heterocycles. The van der Waals surface area contributed by atoms with Crippen LogP contribution in [0.4, 0.5) is 0 Å². The number of aliphatic hydroxyl groups excluding tert-OH is 1. The fraction of sp³-hybridized carbons (Fsp3) is 0.714. The van der Waals surface area contributed by atoms with Gasteiger partial charge in [-0.3, -0.25) is 9.69 Å². The average Bonchev–Trinajstić information content (AvgIpc) is 2.80. The molecular formula is C14H25N3O4. The zero-order valence-corrected chi connectivity index (χ0v) is 12.5. The minimum absolute atomic E-state index is 0.122. The molecule has 1 aliphatic heterocycles. The van der Waals surface area contributed by atoms with Crippen LogP contribution in [0.1, 0.15) is 25.1 Å². The summed E-state index contributed by atoms with van der Waals surface area (Å²) in [6.07, 6.45) is 6.59. The predicted octanol–water partition coefficient (Wildman–Crippen LogP) is 0.577. The highest BCUT2D eigenvalue weighted by molar-refractivity contribution is 5.32. The van der Waals surface area contributed by atoms with Crippen LogP contribution >= 0.6 is 0 Å². The lowest BCUT2D eigenvalue weighted by Crippen LogP contribution is -2.26. The molecule has 2 N–H and O–H groups in total. The number of hydrogen-bond donors (Lipinski definition) is 2. The summed E-state index contributed by atoms with van der Waals surface area (Å²) < 4.78 is 7.24. The van der Waals surface area contributed by atoms with Gasteiger partial charge in [-0.1, -0.05) is 0 Å². The van der Waals surface area contributed by atoms with E-state index in [1.165, 1.54) is 0 Å². The Kier molecular flexibility index (Phi) is 8.65. The van der Waals surface area contributed by atoms with Crippen molar-refractivity contribution in [3.63, 3.8) is 0 Å². The van der Waals surface area contributed by atoms with E-state index in [4.69, 9.17) is 14.6 Å². The number of imidazole rings is 1. The minimum Gasteiger partial charge on any atom is -0.483 e. The second-order valence-corrected chi connectivity index (χ2v) is 5.00. The number of carbonyl (C=O) groups is 1. The molecule has 1 aromatic rings. The minimum atomic E-state index is -0.250. The molecule has 0 saturated carbocycles. The van der Waals surface area contributed by atoms with Gasteiger partial charge in [-0.25, -0.2) is 4.98 Å². The number of carboxylic acid groups (broad SMARTS) is 1. The molecule has 0 radical (unpaired) electrons. The van der Waals surface area contributed by atoms with E-state index in [9.17, 15) is 5.11 Å². The Balaban J connectivity index is 0.000000677. The molecule has 1 aliphatic rings. The smallest absolute Gasteiger partial charge is 0.290 e. The molecule has 7 heteroatoms. The van der Waals surface area contributed by atoms with Crippen molar-refractivity contribution in [2.24, 2.45) is 0 Å². The van der Waals surface area contributed by atoms with E-state index < -0.39 is 0 Å². The summed E-state index contributed by atoms with van der Waals surface area (Å²) in [5, 5.41) is 16.5. The average molecular weight is 299 g/mol. The summed E-state index contributed by atoms with van der Waals surface area (Å²) in [5.41, 5.74) is 0. The maximum Gasteiger partial charge on any atom is 0.290 e. The van der Waals surface area contributed by atoms with Crippen LogP contribution in [0.3, 0.4) is 0 Å². The van der Waals surface area contributed by atoms with E-state index in [0.29, 0.717) is 6.61 Å². The number of rotatable bonds is 5. The van der Waals surface area contributed by atoms with Gasteiger partial charge in [0.15, 0.2) is 0 Å². The van der Waals surface area contributed by atoms with Crippen LogP contribution in [0, 0.1) is 0 Å². The fourth-order valence-corrected chi connectivity index (χ4v) is 2.38. The third-order valence-corrected chi connectivity index (χ3v) is 3.49. The van der Waals surface area contributed by atoms with E-state index in [1.807, 2.05) is 12.4 Å². The predicted molar refractivity (Wildman–Crippen MR) is 77.9 cm³/mol. The topological polar surface area (TPSA) is 87.8 Å². The fourth-order valence-electron chi connectivity index (χ4n) is 2.38. The summed E-state index contributed by atoms with van der Waals surface area (Å²) in [6.45, 7) is 4.18. The Morgan fingerprint density at radius 3 is 2.95 bits per heavy atom. The summed E-state index contributed by atoms with van der Waals surface area (Å²) in [5.74, 6) is 1.09. The Morgan fingerprint density at radius 2 is 2.24 bits per heavy atom. The molecular weight excluding hydrogens is 274 g/mol. The number of ether oxygens (including phenoxy) is 1. The van der Waals surface area contributed by atoms with Crippen LogP contribution in [0.2, 0.25) is 0 Å². The van der Waals surface area contributed by atoms with E-state index in [-0.39, 0.29) is 12.6 Å². The lowest BCUT2D eigenvalue weighted by Gasteiger charge is -2.20. The zero-order valence-electron chi connectivity index (χ0n) is 12.5. The lowest BCUT2D eigenvalue weighted by molar-refractivity contribution is -0.122. The van der Waals surface area contributed by atoms with E-state index in [1.54, 1.807) is 7.11 Å². The highest BCUT2D eigenvalue weighted by Crippen LogP contribution is 2.13. The van der Waals surface area contributed by atoms with Gasteiger partial charge in [0.1, 0.15) is 5.82 Å². The number of aromatic nitrogens is 2. The molecule has 1 fully saturated rings. The van der Waals surface area contributed by atoms with Gasteiger partial charge in [0.2, 0.25) is 0 Å². The third kappa shape index (κ3) is 6.70. The van der Waals surface area contributed by atoms with Crippen molar-refractivity contribution in [3.05, 3.63) is 18.2 Å². The molecule has 1 unspecified atom stereocenters. The number of nitrogens with zero attached hydrogens (tertiary/aromatic N) is 3. The largest absolute Gasteiger partial charge is 0.483 e. The van der Waals surface area contributed by atoms with Gasteiger partial charge in [-0.15, -0.1) is 0 Å². The second-order valence-electron chi connectivity index (χ2n) is 5.00. The van der Waals surface area contributed by atoms with Crippen molar-refractivity contribution in [2.45, 2.75) is 38.5 Å². The number of likely N-dealkylation sites (tertiary alicyclic amines) is 1. The molecule has 0 amide bonds. The molecule has 2 rings (SSSR count). The van der Waals surface area contributed by atoms with Crippen LogP contribution in [0.5, 0.6) is 0 Å². The number of aliphatic hydroxyl groups is 1. The highest BCUT2D eigenvalue weighted by atomic mass is 16.5. The van der Waals surface area contributed by atoms with Crippen molar-refractivity contribution < 1.29 is 19.7 Å². The first-order valence-corrected chi connectivity index (χ1v) is 7.18. The van der Waals surface area contributed by atoms with Crippen molar-refractivity contribution in [1.82, 2.24) is 14.5 Å². The normalized spacial score (nSPS) is 19.4. The first-order chi connectivity index (χ1) is 10.2. The second kappa shape index (κ2) is 10.3. The molecule has 1 saturated heterocycles. The van der Waals surface area contributed by atoms with Crippen molar-refractivity contribution in [2.75, 3.05) is 26.8 Å². The maximum absolute atomic E-state index is 9.64. The zero-order chi connectivity index (χ0) is 15.5. The Bertz CT molecular complexity index is 397. The molecule has 7 nitrogen and oxygen atoms in total. The van der Waals surface area contributed by atoms with Crippen LogP contribution in [-0.4, -0.2) is 64.0 Å². The molecule has 1 aromatic heterocycles. The Morgan fingerprint density at radius 1 is 1.48 bits per heavy atom. The van der Waals surface area contributed by atoms with Crippen LogP contribution in [-0.2, 0) is 22.6 Å². The van der Waals surface area contributed by atoms with Gasteiger partial charge < -0.3 is 19.5 Å². The standard InChI is InChI=1S/C13H23N3O2.CH2O2/c1-18-10-9-16-8-5-14-13(16)11-15-6-2-3-12(17)4-7-15;2-1-3/h5,8,12,17H,2-4,6-7,9-11H2,1H3;1H,(H,2,3). The van der Waals surface area contributed by atoms with Gasteiger partial charge in [0.25, 0.3) is 6.47 Å². The molecule has 120 valence electrons. The number of hydrogen-bond acceptors (Lipinski definition) is 5. The molecule has 0 spiro atoms. The lowest BCUT2D eigenvalue weighted by atomic mass is 10.2. The summed E-state index contributed by atoms with van der Waals surface area (Å²) in [6, 6.07) is 0. The monoisotopic (exact) mass is 299 g/mol. The maximum atomic E-state index is 9.64. The van der Waals surface area contributed by atoms with Crippen molar-refractivity contribution in [1.29, 1.82) is 0 Å². The summed E-state index contributed by atoms with van der Waals surface area (Å²) in [4.78, 5) is 15.2. The molecule has 21 heavy (non-hydrogen) atoms. The molecule has 0 aliphatic carbocycles. The quantitative estimate of drug-likeness (QED) is 0.773. The molecule has 0 aromatic carbocycles. The highest BCUT2D eigenvalue weighted by Gasteiger charge is 2.16. The van der Waals surface area contributed by atoms with E-state index >= 15 is 0 Å².